The fraction of sp³-hybridized carbons (Fsp3) is 0.667. The first-order valence-corrected chi connectivity index (χ1v) is 7.56. The predicted octanol–water partition coefficient (Wildman–Crippen LogP) is 4.80. The molecule has 1 aromatic rings. The fourth-order valence-corrected chi connectivity index (χ4v) is 3.11. The van der Waals surface area contributed by atoms with Crippen molar-refractivity contribution >= 4 is 5.69 Å². The molecule has 0 saturated heterocycles. The van der Waals surface area contributed by atoms with E-state index in [4.69, 9.17) is 0 Å². The molecule has 0 N–H and O–H groups in total. The molecule has 0 amide bonds. The monoisotopic (exact) mass is 259 g/mol. The van der Waals surface area contributed by atoms with Crippen molar-refractivity contribution in [1.82, 2.24) is 0 Å². The van der Waals surface area contributed by atoms with E-state index in [1.807, 2.05) is 0 Å². The quantitative estimate of drug-likeness (QED) is 0.737. The maximum Gasteiger partial charge on any atom is 0.0439 e. The molecule has 2 rings (SSSR count). The molecular weight excluding hydrogens is 230 g/mol. The van der Waals surface area contributed by atoms with Crippen molar-refractivity contribution in [1.29, 1.82) is 0 Å². The average Bonchev–Trinajstić information content (AvgIpc) is 2.33. The van der Waals surface area contributed by atoms with Crippen LogP contribution in [0.2, 0.25) is 0 Å². The average molecular weight is 259 g/mol. The van der Waals surface area contributed by atoms with Crippen LogP contribution in [0.5, 0.6) is 0 Å². The molecule has 106 valence electrons. The van der Waals surface area contributed by atoms with Gasteiger partial charge in [-0.2, -0.15) is 0 Å². The Kier molecular flexibility index (Phi) is 3.45. The smallest absolute Gasteiger partial charge is 0.0439 e. The summed E-state index contributed by atoms with van der Waals surface area (Å²) in [5.74, 6) is 0. The van der Waals surface area contributed by atoms with Crippen molar-refractivity contribution in [3.63, 3.8) is 0 Å². The first-order chi connectivity index (χ1) is 8.69. The van der Waals surface area contributed by atoms with E-state index in [0.717, 1.165) is 6.54 Å². The third-order valence-electron chi connectivity index (χ3n) is 5.05. The Bertz CT molecular complexity index is 483. The second kappa shape index (κ2) is 4.54. The van der Waals surface area contributed by atoms with E-state index >= 15 is 0 Å². The highest BCUT2D eigenvalue weighted by Gasteiger charge is 2.34. The lowest BCUT2D eigenvalue weighted by molar-refractivity contribution is 0.450. The Balaban J connectivity index is 2.73. The third-order valence-corrected chi connectivity index (χ3v) is 5.05. The zero-order valence-electron chi connectivity index (χ0n) is 13.7. The summed E-state index contributed by atoms with van der Waals surface area (Å²) in [4.78, 5) is 2.47. The summed E-state index contributed by atoms with van der Waals surface area (Å²) in [7, 11) is 2.25. The molecule has 1 heteroatoms. The van der Waals surface area contributed by atoms with Gasteiger partial charge < -0.3 is 4.90 Å². The van der Waals surface area contributed by atoms with Crippen LogP contribution in [-0.4, -0.2) is 13.6 Å². The maximum atomic E-state index is 2.47. The second-order valence-corrected chi connectivity index (χ2v) is 7.50. The molecule has 1 aromatic carbocycles. The van der Waals surface area contributed by atoms with E-state index in [0.29, 0.717) is 5.41 Å². The first-order valence-electron chi connectivity index (χ1n) is 7.56. The van der Waals surface area contributed by atoms with Crippen LogP contribution in [0.4, 0.5) is 5.69 Å². The maximum absolute atomic E-state index is 2.47. The molecule has 1 aliphatic rings. The predicted molar refractivity (Wildman–Crippen MR) is 85.4 cm³/mol. The summed E-state index contributed by atoms with van der Waals surface area (Å²) in [6.45, 7) is 15.2. The molecule has 19 heavy (non-hydrogen) atoms. The summed E-state index contributed by atoms with van der Waals surface area (Å²) < 4.78 is 0. The third kappa shape index (κ3) is 2.40. The number of hydrogen-bond donors (Lipinski definition) is 0. The molecule has 0 spiro atoms. The highest BCUT2D eigenvalue weighted by atomic mass is 15.1. The topological polar surface area (TPSA) is 3.24 Å². The number of hydrogen-bond acceptors (Lipinski definition) is 1. The van der Waals surface area contributed by atoms with Gasteiger partial charge in [0.2, 0.25) is 0 Å². The minimum Gasteiger partial charge on any atom is -0.374 e. The van der Waals surface area contributed by atoms with Crippen LogP contribution >= 0.6 is 0 Å². The van der Waals surface area contributed by atoms with Crippen molar-refractivity contribution in [3.8, 4) is 0 Å². The molecule has 0 aliphatic carbocycles. The molecule has 0 bridgehead atoms. The summed E-state index contributed by atoms with van der Waals surface area (Å²) in [6.07, 6.45) is 2.42. The highest BCUT2D eigenvalue weighted by molar-refractivity contribution is 5.66. The molecule has 0 aromatic heterocycles. The van der Waals surface area contributed by atoms with E-state index in [9.17, 15) is 0 Å². The molecule has 0 atom stereocenters. The summed E-state index contributed by atoms with van der Waals surface area (Å²) in [5.41, 5.74) is 6.51. The second-order valence-electron chi connectivity index (χ2n) is 7.50. The number of nitrogens with zero attached hydrogens (tertiary/aromatic N) is 1. The SMILES string of the molecule is CCC(C)(C)c1cc(C)cc2c1N(C)CCC2(C)C. The molecule has 1 heterocycles. The van der Waals surface area contributed by atoms with E-state index in [1.165, 1.54) is 35.2 Å². The Hall–Kier alpha value is -0.980. The molecule has 0 saturated carbocycles. The van der Waals surface area contributed by atoms with Gasteiger partial charge in [-0.05, 0) is 41.7 Å². The van der Waals surface area contributed by atoms with Crippen LogP contribution < -0.4 is 4.90 Å². The van der Waals surface area contributed by atoms with Crippen molar-refractivity contribution in [2.75, 3.05) is 18.5 Å². The molecule has 1 nitrogen and oxygen atoms in total. The van der Waals surface area contributed by atoms with Gasteiger partial charge in [0.15, 0.2) is 0 Å². The lowest BCUT2D eigenvalue weighted by Gasteiger charge is -2.42. The molecular formula is C18H29N. The Morgan fingerprint density at radius 3 is 2.47 bits per heavy atom. The van der Waals surface area contributed by atoms with Crippen LogP contribution in [0.3, 0.4) is 0 Å². The lowest BCUT2D eigenvalue weighted by Crippen LogP contribution is -2.37. The van der Waals surface area contributed by atoms with Gasteiger partial charge in [-0.1, -0.05) is 52.3 Å². The van der Waals surface area contributed by atoms with Gasteiger partial charge in [-0.15, -0.1) is 0 Å². The minimum absolute atomic E-state index is 0.248. The van der Waals surface area contributed by atoms with Crippen molar-refractivity contribution in [2.24, 2.45) is 0 Å². The number of aryl methyl sites for hydroxylation is 1. The van der Waals surface area contributed by atoms with E-state index in [1.54, 1.807) is 0 Å². The standard InChI is InChI=1S/C18H29N/c1-8-17(3,4)14-11-13(2)12-15-16(14)19(7)10-9-18(15,5)6/h11-12H,8-10H2,1-7H3. The lowest BCUT2D eigenvalue weighted by atomic mass is 9.72. The van der Waals surface area contributed by atoms with Gasteiger partial charge >= 0.3 is 0 Å². The summed E-state index contributed by atoms with van der Waals surface area (Å²) in [6, 6.07) is 4.81. The Labute approximate surface area is 119 Å². The van der Waals surface area contributed by atoms with Crippen LogP contribution in [0.25, 0.3) is 0 Å². The zero-order chi connectivity index (χ0) is 14.4. The van der Waals surface area contributed by atoms with Crippen LogP contribution in [-0.2, 0) is 10.8 Å². The van der Waals surface area contributed by atoms with E-state index < -0.39 is 0 Å². The van der Waals surface area contributed by atoms with E-state index in [-0.39, 0.29) is 5.41 Å². The zero-order valence-corrected chi connectivity index (χ0v) is 13.7. The number of rotatable bonds is 2. The molecule has 0 radical (unpaired) electrons. The van der Waals surface area contributed by atoms with Crippen molar-refractivity contribution < 1.29 is 0 Å². The highest BCUT2D eigenvalue weighted by Crippen LogP contribution is 2.45. The molecule has 0 unspecified atom stereocenters. The van der Waals surface area contributed by atoms with Crippen LogP contribution in [0.15, 0.2) is 12.1 Å². The minimum atomic E-state index is 0.248. The number of fused-ring (bicyclic) bond motifs is 1. The Morgan fingerprint density at radius 2 is 1.89 bits per heavy atom. The van der Waals surface area contributed by atoms with Gasteiger partial charge in [0.25, 0.3) is 0 Å². The van der Waals surface area contributed by atoms with Crippen LogP contribution in [0, 0.1) is 6.92 Å². The molecule has 1 aliphatic heterocycles. The summed E-state index contributed by atoms with van der Waals surface area (Å²) in [5, 5.41) is 0. The van der Waals surface area contributed by atoms with Crippen molar-refractivity contribution in [2.45, 2.75) is 65.2 Å². The van der Waals surface area contributed by atoms with Gasteiger partial charge in [-0.3, -0.25) is 0 Å². The van der Waals surface area contributed by atoms with Gasteiger partial charge in [0, 0.05) is 19.3 Å². The number of anilines is 1. The normalized spacial score (nSPS) is 18.4. The molecule has 0 fully saturated rings. The van der Waals surface area contributed by atoms with Crippen molar-refractivity contribution in [3.05, 3.63) is 28.8 Å². The largest absolute Gasteiger partial charge is 0.374 e. The van der Waals surface area contributed by atoms with E-state index in [2.05, 4.69) is 65.6 Å². The fourth-order valence-electron chi connectivity index (χ4n) is 3.11. The first kappa shape index (κ1) is 14.4. The number of benzene rings is 1. The Morgan fingerprint density at radius 1 is 1.26 bits per heavy atom. The van der Waals surface area contributed by atoms with Crippen LogP contribution in [0.1, 0.15) is 64.2 Å². The van der Waals surface area contributed by atoms with Gasteiger partial charge in [0.05, 0.1) is 0 Å². The van der Waals surface area contributed by atoms with Gasteiger partial charge in [0.1, 0.15) is 0 Å². The summed E-state index contributed by atoms with van der Waals surface area (Å²) >= 11 is 0. The van der Waals surface area contributed by atoms with Gasteiger partial charge in [-0.25, -0.2) is 0 Å².